The number of rotatable bonds is 2. The van der Waals surface area contributed by atoms with E-state index in [9.17, 15) is 5.11 Å². The first kappa shape index (κ1) is 9.94. The largest absolute Gasteiger partial charge is 0.386 e. The highest BCUT2D eigenvalue weighted by Gasteiger charge is 2.40. The average Bonchev–Trinajstić information content (AvgIpc) is 2.25. The van der Waals surface area contributed by atoms with E-state index in [1.165, 1.54) is 0 Å². The fourth-order valence-corrected chi connectivity index (χ4v) is 1.71. The summed E-state index contributed by atoms with van der Waals surface area (Å²) in [6.07, 6.45) is 2.37. The van der Waals surface area contributed by atoms with Crippen LogP contribution >= 0.6 is 0 Å². The molecule has 0 spiro atoms. The summed E-state index contributed by atoms with van der Waals surface area (Å²) in [5, 5.41) is 18.6. The van der Waals surface area contributed by atoms with Gasteiger partial charge in [-0.25, -0.2) is 4.98 Å². The SMILES string of the molecule is CCC1(O)CN(c2cc(C#N)ccn2)C1. The average molecular weight is 203 g/mol. The number of nitrogens with zero attached hydrogens (tertiary/aromatic N) is 3. The van der Waals surface area contributed by atoms with Gasteiger partial charge in [-0.1, -0.05) is 6.92 Å². The molecule has 0 atom stereocenters. The topological polar surface area (TPSA) is 60.1 Å². The van der Waals surface area contributed by atoms with Crippen LogP contribution in [-0.4, -0.2) is 28.8 Å². The monoisotopic (exact) mass is 203 g/mol. The normalized spacial score (nSPS) is 18.1. The predicted octanol–water partition coefficient (Wildman–Crippen LogP) is 0.914. The zero-order valence-electron chi connectivity index (χ0n) is 8.64. The van der Waals surface area contributed by atoms with Crippen molar-refractivity contribution in [3.63, 3.8) is 0 Å². The molecule has 0 saturated carbocycles. The number of hydrogen-bond acceptors (Lipinski definition) is 4. The molecule has 0 bridgehead atoms. The number of hydrogen-bond donors (Lipinski definition) is 1. The standard InChI is InChI=1S/C11H13N3O/c1-2-11(15)7-14(8-11)10-5-9(6-12)3-4-13-10/h3-5,15H,2,7-8H2,1H3. The van der Waals surface area contributed by atoms with E-state index < -0.39 is 5.60 Å². The summed E-state index contributed by atoms with van der Waals surface area (Å²) >= 11 is 0. The second-order valence-electron chi connectivity index (χ2n) is 3.95. The minimum atomic E-state index is -0.565. The van der Waals surface area contributed by atoms with Crippen molar-refractivity contribution < 1.29 is 5.11 Å². The van der Waals surface area contributed by atoms with Crippen molar-refractivity contribution in [1.82, 2.24) is 4.98 Å². The van der Waals surface area contributed by atoms with Crippen molar-refractivity contribution in [1.29, 1.82) is 5.26 Å². The van der Waals surface area contributed by atoms with Gasteiger partial charge in [0.25, 0.3) is 0 Å². The van der Waals surface area contributed by atoms with Gasteiger partial charge in [-0.15, -0.1) is 0 Å². The van der Waals surface area contributed by atoms with Crippen LogP contribution in [0.3, 0.4) is 0 Å². The summed E-state index contributed by atoms with van der Waals surface area (Å²) in [6.45, 7) is 3.17. The lowest BCUT2D eigenvalue weighted by atomic mass is 9.91. The number of aromatic nitrogens is 1. The summed E-state index contributed by atoms with van der Waals surface area (Å²) in [6, 6.07) is 5.50. The fourth-order valence-electron chi connectivity index (χ4n) is 1.71. The molecule has 1 aliphatic heterocycles. The van der Waals surface area contributed by atoms with Crippen LogP contribution in [0.5, 0.6) is 0 Å². The van der Waals surface area contributed by atoms with Crippen molar-refractivity contribution in [3.8, 4) is 6.07 Å². The highest BCUT2D eigenvalue weighted by molar-refractivity contribution is 5.48. The molecule has 1 fully saturated rings. The number of pyridine rings is 1. The predicted molar refractivity (Wildman–Crippen MR) is 56.4 cm³/mol. The molecule has 4 nitrogen and oxygen atoms in total. The maximum atomic E-state index is 9.84. The molecule has 2 rings (SSSR count). The fraction of sp³-hybridized carbons (Fsp3) is 0.455. The third-order valence-corrected chi connectivity index (χ3v) is 2.83. The number of anilines is 1. The van der Waals surface area contributed by atoms with Crippen LogP contribution in [0.4, 0.5) is 5.82 Å². The Balaban J connectivity index is 2.10. The molecule has 15 heavy (non-hydrogen) atoms. The Morgan fingerprint density at radius 2 is 2.40 bits per heavy atom. The Labute approximate surface area is 88.8 Å². The van der Waals surface area contributed by atoms with Gasteiger partial charge >= 0.3 is 0 Å². The van der Waals surface area contributed by atoms with Gasteiger partial charge in [-0.2, -0.15) is 5.26 Å². The van der Waals surface area contributed by atoms with Crippen molar-refractivity contribution in [2.75, 3.05) is 18.0 Å². The maximum Gasteiger partial charge on any atom is 0.129 e. The van der Waals surface area contributed by atoms with E-state index in [-0.39, 0.29) is 0 Å². The van der Waals surface area contributed by atoms with Gasteiger partial charge in [-0.05, 0) is 18.6 Å². The molecule has 4 heteroatoms. The molecule has 2 heterocycles. The smallest absolute Gasteiger partial charge is 0.129 e. The van der Waals surface area contributed by atoms with E-state index in [1.807, 2.05) is 11.8 Å². The van der Waals surface area contributed by atoms with E-state index >= 15 is 0 Å². The van der Waals surface area contributed by atoms with E-state index in [1.54, 1.807) is 18.3 Å². The molecular formula is C11H13N3O. The second kappa shape index (κ2) is 3.52. The first-order valence-electron chi connectivity index (χ1n) is 5.00. The molecule has 1 N–H and O–H groups in total. The lowest BCUT2D eigenvalue weighted by molar-refractivity contribution is 0.00806. The highest BCUT2D eigenvalue weighted by atomic mass is 16.3. The van der Waals surface area contributed by atoms with E-state index in [2.05, 4.69) is 11.1 Å². The number of nitriles is 1. The first-order chi connectivity index (χ1) is 7.17. The summed E-state index contributed by atoms with van der Waals surface area (Å²) in [5.41, 5.74) is 0.0385. The van der Waals surface area contributed by atoms with Crippen LogP contribution in [0.2, 0.25) is 0 Å². The van der Waals surface area contributed by atoms with Gasteiger partial charge in [-0.3, -0.25) is 0 Å². The summed E-state index contributed by atoms with van der Waals surface area (Å²) in [4.78, 5) is 6.15. The van der Waals surface area contributed by atoms with Crippen molar-refractivity contribution in [2.45, 2.75) is 18.9 Å². The van der Waals surface area contributed by atoms with Crippen LogP contribution in [0.15, 0.2) is 18.3 Å². The van der Waals surface area contributed by atoms with Crippen LogP contribution < -0.4 is 4.90 Å². The third-order valence-electron chi connectivity index (χ3n) is 2.83. The number of aliphatic hydroxyl groups is 1. The van der Waals surface area contributed by atoms with Gasteiger partial charge in [0.05, 0.1) is 17.2 Å². The van der Waals surface area contributed by atoms with Crippen LogP contribution in [0.1, 0.15) is 18.9 Å². The molecule has 0 aromatic carbocycles. The van der Waals surface area contributed by atoms with Gasteiger partial charge in [0.1, 0.15) is 5.82 Å². The molecule has 1 aliphatic rings. The first-order valence-corrected chi connectivity index (χ1v) is 5.00. The molecule has 0 aliphatic carbocycles. The van der Waals surface area contributed by atoms with Crippen LogP contribution in [0.25, 0.3) is 0 Å². The molecule has 0 amide bonds. The minimum absolute atomic E-state index is 0.565. The van der Waals surface area contributed by atoms with Gasteiger partial charge in [0.2, 0.25) is 0 Å². The molecule has 0 unspecified atom stereocenters. The molecule has 1 aromatic heterocycles. The van der Waals surface area contributed by atoms with Crippen molar-refractivity contribution >= 4 is 5.82 Å². The van der Waals surface area contributed by atoms with Crippen molar-refractivity contribution in [2.24, 2.45) is 0 Å². The summed E-state index contributed by atoms with van der Waals surface area (Å²) < 4.78 is 0. The molecule has 1 saturated heterocycles. The maximum absolute atomic E-state index is 9.84. The van der Waals surface area contributed by atoms with E-state index in [0.717, 1.165) is 12.2 Å². The Morgan fingerprint density at radius 3 is 3.00 bits per heavy atom. The summed E-state index contributed by atoms with van der Waals surface area (Å²) in [5.74, 6) is 0.771. The zero-order valence-corrected chi connectivity index (χ0v) is 8.64. The lowest BCUT2D eigenvalue weighted by Crippen LogP contribution is -2.61. The van der Waals surface area contributed by atoms with E-state index in [4.69, 9.17) is 5.26 Å². The molecular weight excluding hydrogens is 190 g/mol. The zero-order chi connectivity index (χ0) is 10.9. The molecule has 0 radical (unpaired) electrons. The van der Waals surface area contributed by atoms with E-state index in [0.29, 0.717) is 18.7 Å². The Kier molecular flexibility index (Phi) is 2.33. The summed E-state index contributed by atoms with van der Waals surface area (Å²) in [7, 11) is 0. The highest BCUT2D eigenvalue weighted by Crippen LogP contribution is 2.28. The third kappa shape index (κ3) is 1.79. The number of β-amino-alcohol motifs (C(OH)–C–C–N with tert-alkyl or cyclic N) is 1. The minimum Gasteiger partial charge on any atom is -0.386 e. The molecule has 1 aromatic rings. The van der Waals surface area contributed by atoms with Crippen LogP contribution in [-0.2, 0) is 0 Å². The van der Waals surface area contributed by atoms with Gasteiger partial charge in [0, 0.05) is 19.3 Å². The van der Waals surface area contributed by atoms with Crippen LogP contribution in [0, 0.1) is 11.3 Å². The Bertz CT molecular complexity index is 405. The van der Waals surface area contributed by atoms with Gasteiger partial charge in [0.15, 0.2) is 0 Å². The Hall–Kier alpha value is -1.60. The molecule has 78 valence electrons. The second-order valence-corrected chi connectivity index (χ2v) is 3.95. The quantitative estimate of drug-likeness (QED) is 0.776. The Morgan fingerprint density at radius 1 is 1.67 bits per heavy atom. The lowest BCUT2D eigenvalue weighted by Gasteiger charge is -2.46. The van der Waals surface area contributed by atoms with Gasteiger partial charge < -0.3 is 10.0 Å². The van der Waals surface area contributed by atoms with Crippen molar-refractivity contribution in [3.05, 3.63) is 23.9 Å².